The van der Waals surface area contributed by atoms with Gasteiger partial charge in [0.15, 0.2) is 0 Å². The number of hydrogen-bond acceptors (Lipinski definition) is 4. The van der Waals surface area contributed by atoms with Crippen LogP contribution in [0.25, 0.3) is 17.0 Å². The van der Waals surface area contributed by atoms with Crippen LogP contribution in [0.2, 0.25) is 0 Å². The fourth-order valence-corrected chi connectivity index (χ4v) is 3.57. The van der Waals surface area contributed by atoms with E-state index in [9.17, 15) is 4.79 Å². The molecular formula is C20H23N5O. The van der Waals surface area contributed by atoms with Gasteiger partial charge in [0.1, 0.15) is 12.0 Å². The topological polar surface area (TPSA) is 70.5 Å². The van der Waals surface area contributed by atoms with E-state index in [1.165, 1.54) is 32.0 Å². The third kappa shape index (κ3) is 3.45. The van der Waals surface area contributed by atoms with Gasteiger partial charge in [-0.25, -0.2) is 15.0 Å². The van der Waals surface area contributed by atoms with E-state index in [1.54, 1.807) is 18.1 Å². The zero-order valence-electron chi connectivity index (χ0n) is 15.0. The number of nitrogens with one attached hydrogen (secondary N) is 1. The first-order valence-electron chi connectivity index (χ1n) is 9.25. The van der Waals surface area contributed by atoms with E-state index in [4.69, 9.17) is 4.99 Å². The van der Waals surface area contributed by atoms with Gasteiger partial charge in [0, 0.05) is 18.6 Å². The number of nitrogens with zero attached hydrogens (tertiary/aromatic N) is 4. The molecule has 1 aliphatic heterocycles. The molecule has 2 aliphatic rings. The van der Waals surface area contributed by atoms with E-state index in [0.717, 1.165) is 29.3 Å². The van der Waals surface area contributed by atoms with Crippen molar-refractivity contribution in [3.8, 4) is 0 Å². The largest absolute Gasteiger partial charge is 0.321 e. The Labute approximate surface area is 153 Å². The normalized spacial score (nSPS) is 22.2. The molecule has 0 atom stereocenters. The third-order valence-electron chi connectivity index (χ3n) is 5.07. The molecule has 2 fully saturated rings. The lowest BCUT2D eigenvalue weighted by molar-refractivity contribution is -0.121. The van der Waals surface area contributed by atoms with Crippen molar-refractivity contribution in [2.45, 2.75) is 44.6 Å². The van der Waals surface area contributed by atoms with Crippen molar-refractivity contribution in [2.24, 2.45) is 4.99 Å². The lowest BCUT2D eigenvalue weighted by Gasteiger charge is -2.13. The molecule has 1 aliphatic carbocycles. The minimum Gasteiger partial charge on any atom is -0.321 e. The SMILES string of the molecule is CN1C(=O)/C(=C/c2ccc3ncncc3c2)NC1=NC1CCCCCC1. The highest BCUT2D eigenvalue weighted by molar-refractivity contribution is 6.15. The maximum atomic E-state index is 12.6. The molecule has 2 heterocycles. The number of aliphatic imine (C=N–C) groups is 1. The number of guanidine groups is 1. The van der Waals surface area contributed by atoms with Crippen LogP contribution in [0.1, 0.15) is 44.1 Å². The molecule has 0 radical (unpaired) electrons. The molecule has 1 aromatic heterocycles. The number of hydrogen-bond donors (Lipinski definition) is 1. The Hall–Kier alpha value is -2.76. The highest BCUT2D eigenvalue weighted by Crippen LogP contribution is 2.22. The molecule has 1 N–H and O–H groups in total. The molecule has 1 saturated heterocycles. The van der Waals surface area contributed by atoms with Gasteiger partial charge in [0.25, 0.3) is 5.91 Å². The molecule has 1 aromatic carbocycles. The first-order chi connectivity index (χ1) is 12.7. The molecule has 0 unspecified atom stereocenters. The van der Waals surface area contributed by atoms with Crippen molar-refractivity contribution in [3.05, 3.63) is 42.0 Å². The number of benzene rings is 1. The number of fused-ring (bicyclic) bond motifs is 1. The minimum atomic E-state index is -0.0539. The Balaban J connectivity index is 1.58. The predicted molar refractivity (Wildman–Crippen MR) is 102 cm³/mol. The van der Waals surface area contributed by atoms with E-state index >= 15 is 0 Å². The van der Waals surface area contributed by atoms with Gasteiger partial charge in [-0.15, -0.1) is 0 Å². The molecule has 1 saturated carbocycles. The highest BCUT2D eigenvalue weighted by atomic mass is 16.2. The van der Waals surface area contributed by atoms with Gasteiger partial charge in [0.2, 0.25) is 5.96 Å². The molecule has 2 aromatic rings. The van der Waals surface area contributed by atoms with Crippen LogP contribution in [0.3, 0.4) is 0 Å². The van der Waals surface area contributed by atoms with Gasteiger partial charge < -0.3 is 5.32 Å². The van der Waals surface area contributed by atoms with Crippen LogP contribution in [-0.2, 0) is 4.79 Å². The van der Waals surface area contributed by atoms with Crippen molar-refractivity contribution in [1.29, 1.82) is 0 Å². The summed E-state index contributed by atoms with van der Waals surface area (Å²) in [4.78, 5) is 27.3. The zero-order chi connectivity index (χ0) is 17.9. The molecule has 1 amide bonds. The number of carbonyl (C=O) groups is 1. The molecular weight excluding hydrogens is 326 g/mol. The summed E-state index contributed by atoms with van der Waals surface area (Å²) >= 11 is 0. The van der Waals surface area contributed by atoms with Crippen LogP contribution in [0, 0.1) is 0 Å². The lowest BCUT2D eigenvalue weighted by atomic mass is 10.1. The van der Waals surface area contributed by atoms with E-state index < -0.39 is 0 Å². The van der Waals surface area contributed by atoms with Crippen molar-refractivity contribution >= 4 is 28.8 Å². The summed E-state index contributed by atoms with van der Waals surface area (Å²) in [5.74, 6) is 0.610. The standard InChI is InChI=1S/C20H23N5O/c1-25-19(26)18(24-20(25)23-16-6-4-2-3-5-7-16)11-14-8-9-17-15(10-14)12-21-13-22-17/h8-13,16H,2-7H2,1H3,(H,23,24)/b18-11-. The molecule has 4 rings (SSSR count). The van der Waals surface area contributed by atoms with E-state index in [0.29, 0.717) is 17.7 Å². The summed E-state index contributed by atoms with van der Waals surface area (Å²) in [5.41, 5.74) is 2.38. The van der Waals surface area contributed by atoms with Gasteiger partial charge in [0.05, 0.1) is 11.6 Å². The average molecular weight is 349 g/mol. The van der Waals surface area contributed by atoms with Crippen molar-refractivity contribution in [2.75, 3.05) is 7.05 Å². The van der Waals surface area contributed by atoms with Crippen LogP contribution in [0.4, 0.5) is 0 Å². The molecule has 0 spiro atoms. The summed E-state index contributed by atoms with van der Waals surface area (Å²) in [5, 5.41) is 4.16. The highest BCUT2D eigenvalue weighted by Gasteiger charge is 2.29. The van der Waals surface area contributed by atoms with Crippen LogP contribution in [-0.4, -0.2) is 39.8 Å². The zero-order valence-corrected chi connectivity index (χ0v) is 15.0. The maximum absolute atomic E-state index is 12.6. The second-order valence-electron chi connectivity index (χ2n) is 6.99. The summed E-state index contributed by atoms with van der Waals surface area (Å²) in [7, 11) is 1.78. The van der Waals surface area contributed by atoms with Gasteiger partial charge in [-0.3, -0.25) is 9.69 Å². The Morgan fingerprint density at radius 1 is 1.23 bits per heavy atom. The number of carbonyl (C=O) groups excluding carboxylic acids is 1. The van der Waals surface area contributed by atoms with Gasteiger partial charge >= 0.3 is 0 Å². The number of rotatable bonds is 2. The summed E-state index contributed by atoms with van der Waals surface area (Å²) in [6.45, 7) is 0. The molecule has 134 valence electrons. The van der Waals surface area contributed by atoms with Gasteiger partial charge in [-0.05, 0) is 36.6 Å². The number of likely N-dealkylation sites (N-methyl/N-ethyl adjacent to an activating group) is 1. The fourth-order valence-electron chi connectivity index (χ4n) is 3.57. The smallest absolute Gasteiger partial charge is 0.276 e. The molecule has 6 nitrogen and oxygen atoms in total. The lowest BCUT2D eigenvalue weighted by Crippen LogP contribution is -2.30. The maximum Gasteiger partial charge on any atom is 0.276 e. The molecule has 6 heteroatoms. The predicted octanol–water partition coefficient (Wildman–Crippen LogP) is 3.11. The summed E-state index contributed by atoms with van der Waals surface area (Å²) < 4.78 is 0. The van der Waals surface area contributed by atoms with Gasteiger partial charge in [-0.1, -0.05) is 31.7 Å². The van der Waals surface area contributed by atoms with E-state index in [2.05, 4.69) is 15.3 Å². The van der Waals surface area contributed by atoms with Crippen LogP contribution >= 0.6 is 0 Å². The fraction of sp³-hybridized carbons (Fsp3) is 0.400. The number of amides is 1. The molecule has 26 heavy (non-hydrogen) atoms. The van der Waals surface area contributed by atoms with Crippen LogP contribution in [0.15, 0.2) is 41.4 Å². The van der Waals surface area contributed by atoms with E-state index in [-0.39, 0.29) is 5.91 Å². The quantitative estimate of drug-likeness (QED) is 0.668. The summed E-state index contributed by atoms with van der Waals surface area (Å²) in [6, 6.07) is 6.19. The molecule has 0 bridgehead atoms. The van der Waals surface area contributed by atoms with Crippen molar-refractivity contribution in [1.82, 2.24) is 20.2 Å². The Morgan fingerprint density at radius 3 is 2.85 bits per heavy atom. The summed E-state index contributed by atoms with van der Waals surface area (Å²) in [6.07, 6.45) is 12.4. The Morgan fingerprint density at radius 2 is 2.04 bits per heavy atom. The Bertz CT molecular complexity index is 881. The van der Waals surface area contributed by atoms with Crippen molar-refractivity contribution < 1.29 is 4.79 Å². The first-order valence-corrected chi connectivity index (χ1v) is 9.25. The van der Waals surface area contributed by atoms with Crippen molar-refractivity contribution in [3.63, 3.8) is 0 Å². The van der Waals surface area contributed by atoms with Crippen LogP contribution < -0.4 is 5.32 Å². The second kappa shape index (κ2) is 7.23. The second-order valence-corrected chi connectivity index (χ2v) is 6.99. The van der Waals surface area contributed by atoms with Gasteiger partial charge in [-0.2, -0.15) is 0 Å². The minimum absolute atomic E-state index is 0.0539. The Kier molecular flexibility index (Phi) is 4.65. The first kappa shape index (κ1) is 16.7. The van der Waals surface area contributed by atoms with Crippen LogP contribution in [0.5, 0.6) is 0 Å². The number of aromatic nitrogens is 2. The van der Waals surface area contributed by atoms with E-state index in [1.807, 2.05) is 24.3 Å². The third-order valence-corrected chi connectivity index (χ3v) is 5.07. The monoisotopic (exact) mass is 349 g/mol. The average Bonchev–Trinajstić information content (AvgIpc) is 2.85.